The summed E-state index contributed by atoms with van der Waals surface area (Å²) in [5.74, 6) is -0.0338. The second-order valence-electron chi connectivity index (χ2n) is 6.64. The molecule has 2 saturated heterocycles. The van der Waals surface area contributed by atoms with Crippen LogP contribution in [0, 0.1) is 5.92 Å². The fourth-order valence-corrected chi connectivity index (χ4v) is 6.40. The normalized spacial score (nSPS) is 23.8. The summed E-state index contributed by atoms with van der Waals surface area (Å²) in [6.45, 7) is 1.67. The fraction of sp³-hybridized carbons (Fsp3) is 0.625. The van der Waals surface area contributed by atoms with Crippen molar-refractivity contribution in [3.8, 4) is 0 Å². The lowest BCUT2D eigenvalue weighted by Crippen LogP contribution is -2.35. The van der Waals surface area contributed by atoms with Crippen LogP contribution in [-0.4, -0.2) is 63.3 Å². The molecular weight excluding hydrogens is 364 g/mol. The lowest BCUT2D eigenvalue weighted by Gasteiger charge is -2.26. The van der Waals surface area contributed by atoms with E-state index in [9.17, 15) is 21.9 Å². The van der Waals surface area contributed by atoms with E-state index in [-0.39, 0.29) is 22.3 Å². The van der Waals surface area contributed by atoms with Crippen molar-refractivity contribution in [1.29, 1.82) is 0 Å². The molecule has 0 aromatic heterocycles. The van der Waals surface area contributed by atoms with Gasteiger partial charge in [-0.3, -0.25) is 0 Å². The lowest BCUT2D eigenvalue weighted by molar-refractivity contribution is 0.233. The average Bonchev–Trinajstić information content (AvgIpc) is 3.12. The van der Waals surface area contributed by atoms with Gasteiger partial charge in [0.25, 0.3) is 0 Å². The molecule has 9 heteroatoms. The summed E-state index contributed by atoms with van der Waals surface area (Å²) in [6.07, 6.45) is 3.38. The van der Waals surface area contributed by atoms with Crippen molar-refractivity contribution in [1.82, 2.24) is 8.61 Å². The van der Waals surface area contributed by atoms with Crippen LogP contribution in [0.25, 0.3) is 0 Å². The van der Waals surface area contributed by atoms with E-state index in [1.54, 1.807) is 0 Å². The highest BCUT2D eigenvalue weighted by Crippen LogP contribution is 2.26. The van der Waals surface area contributed by atoms with Crippen molar-refractivity contribution >= 4 is 20.0 Å². The molecule has 0 bridgehead atoms. The smallest absolute Gasteiger partial charge is 0.243 e. The Kier molecular flexibility index (Phi) is 5.50. The number of aliphatic hydroxyl groups excluding tert-OH is 1. The molecule has 3 rings (SSSR count). The third-order valence-electron chi connectivity index (χ3n) is 4.92. The first-order chi connectivity index (χ1) is 11.9. The number of hydrogen-bond donors (Lipinski definition) is 1. The van der Waals surface area contributed by atoms with E-state index in [0.717, 1.165) is 19.3 Å². The van der Waals surface area contributed by atoms with E-state index >= 15 is 0 Å². The Balaban J connectivity index is 1.80. The van der Waals surface area contributed by atoms with Gasteiger partial charge in [-0.2, -0.15) is 8.61 Å². The van der Waals surface area contributed by atoms with Crippen LogP contribution >= 0.6 is 0 Å². The summed E-state index contributed by atoms with van der Waals surface area (Å²) in [4.78, 5) is 0.215. The van der Waals surface area contributed by atoms with Crippen LogP contribution in [0.15, 0.2) is 34.1 Å². The van der Waals surface area contributed by atoms with Gasteiger partial charge in [-0.25, -0.2) is 16.8 Å². The number of hydrogen-bond acceptors (Lipinski definition) is 5. The Morgan fingerprint density at radius 2 is 1.36 bits per heavy atom. The second kappa shape index (κ2) is 7.32. The summed E-state index contributed by atoms with van der Waals surface area (Å²) in [5.41, 5.74) is 0. The van der Waals surface area contributed by atoms with Crippen LogP contribution < -0.4 is 0 Å². The van der Waals surface area contributed by atoms with Crippen LogP contribution in [0.5, 0.6) is 0 Å². The fourth-order valence-electron chi connectivity index (χ4n) is 3.35. The van der Waals surface area contributed by atoms with Gasteiger partial charge >= 0.3 is 0 Å². The molecule has 0 radical (unpaired) electrons. The maximum atomic E-state index is 12.6. The van der Waals surface area contributed by atoms with Gasteiger partial charge in [-0.1, -0.05) is 6.42 Å². The minimum absolute atomic E-state index is 0.0287. The van der Waals surface area contributed by atoms with E-state index in [2.05, 4.69) is 0 Å². The minimum atomic E-state index is -3.66. The van der Waals surface area contributed by atoms with Gasteiger partial charge in [0.1, 0.15) is 0 Å². The van der Waals surface area contributed by atoms with Gasteiger partial charge in [-0.15, -0.1) is 0 Å². The van der Waals surface area contributed by atoms with E-state index in [0.29, 0.717) is 32.6 Å². The van der Waals surface area contributed by atoms with Crippen LogP contribution in [0.1, 0.15) is 25.7 Å². The van der Waals surface area contributed by atoms with Gasteiger partial charge in [0.15, 0.2) is 0 Å². The van der Waals surface area contributed by atoms with Gasteiger partial charge in [0.2, 0.25) is 20.0 Å². The Morgan fingerprint density at radius 3 is 1.84 bits per heavy atom. The standard InChI is InChI=1S/C16H24N2O5S2/c19-13-14-8-11-18(12-14)25(22,23)16-6-4-15(5-7-16)24(20,21)17-9-2-1-3-10-17/h4-7,14,19H,1-3,8-13H2/t14-/m0/s1. The zero-order valence-electron chi connectivity index (χ0n) is 14.0. The molecule has 0 unspecified atom stereocenters. The summed E-state index contributed by atoms with van der Waals surface area (Å²) in [5, 5.41) is 9.18. The topological polar surface area (TPSA) is 95.0 Å². The summed E-state index contributed by atoms with van der Waals surface area (Å²) in [6, 6.07) is 5.46. The first-order valence-electron chi connectivity index (χ1n) is 8.57. The monoisotopic (exact) mass is 388 g/mol. The molecule has 25 heavy (non-hydrogen) atoms. The van der Waals surface area contributed by atoms with Gasteiger partial charge in [0, 0.05) is 32.8 Å². The lowest BCUT2D eigenvalue weighted by atomic mass is 10.1. The molecule has 140 valence electrons. The molecule has 0 aliphatic carbocycles. The molecule has 2 heterocycles. The van der Waals surface area contributed by atoms with Crippen LogP contribution in [0.2, 0.25) is 0 Å². The van der Waals surface area contributed by atoms with Crippen molar-refractivity contribution in [2.75, 3.05) is 32.8 Å². The van der Waals surface area contributed by atoms with Crippen molar-refractivity contribution in [3.05, 3.63) is 24.3 Å². The highest BCUT2D eigenvalue weighted by Gasteiger charge is 2.33. The molecule has 2 aliphatic rings. The predicted molar refractivity (Wildman–Crippen MR) is 93.0 cm³/mol. The maximum absolute atomic E-state index is 12.6. The molecule has 2 fully saturated rings. The number of rotatable bonds is 5. The van der Waals surface area contributed by atoms with E-state index in [1.807, 2.05) is 0 Å². The third-order valence-corrected chi connectivity index (χ3v) is 8.71. The number of aliphatic hydroxyl groups is 1. The minimum Gasteiger partial charge on any atom is -0.396 e. The summed E-state index contributed by atoms with van der Waals surface area (Å²) in [7, 11) is -7.22. The van der Waals surface area contributed by atoms with Crippen molar-refractivity contribution < 1.29 is 21.9 Å². The van der Waals surface area contributed by atoms with Crippen LogP contribution in [0.3, 0.4) is 0 Å². The molecule has 0 amide bonds. The zero-order valence-corrected chi connectivity index (χ0v) is 15.7. The van der Waals surface area contributed by atoms with Gasteiger partial charge in [0.05, 0.1) is 9.79 Å². The molecule has 2 aliphatic heterocycles. The number of sulfonamides is 2. The predicted octanol–water partition coefficient (Wildman–Crippen LogP) is 0.864. The Bertz CT molecular complexity index is 799. The van der Waals surface area contributed by atoms with E-state index in [4.69, 9.17) is 0 Å². The van der Waals surface area contributed by atoms with Crippen molar-refractivity contribution in [2.24, 2.45) is 5.92 Å². The molecule has 1 aromatic rings. The molecular formula is C16H24N2O5S2. The first kappa shape index (κ1) is 18.8. The average molecular weight is 389 g/mol. The van der Waals surface area contributed by atoms with Crippen molar-refractivity contribution in [2.45, 2.75) is 35.5 Å². The quantitative estimate of drug-likeness (QED) is 0.807. The highest BCUT2D eigenvalue weighted by atomic mass is 32.2. The van der Waals surface area contributed by atoms with E-state index < -0.39 is 20.0 Å². The molecule has 1 atom stereocenters. The Labute approximate surface area is 149 Å². The maximum Gasteiger partial charge on any atom is 0.243 e. The van der Waals surface area contributed by atoms with E-state index in [1.165, 1.54) is 32.9 Å². The van der Waals surface area contributed by atoms with Crippen LogP contribution in [-0.2, 0) is 20.0 Å². The van der Waals surface area contributed by atoms with Crippen LogP contribution in [0.4, 0.5) is 0 Å². The highest BCUT2D eigenvalue weighted by molar-refractivity contribution is 7.89. The SMILES string of the molecule is O=S(=O)(c1ccc(S(=O)(=O)N2CC[C@H](CO)C2)cc1)N1CCCCC1. The van der Waals surface area contributed by atoms with Gasteiger partial charge < -0.3 is 5.11 Å². The summed E-state index contributed by atoms with van der Waals surface area (Å²) < 4.78 is 53.3. The van der Waals surface area contributed by atoms with Gasteiger partial charge in [-0.05, 0) is 49.4 Å². The molecule has 1 aromatic carbocycles. The number of benzene rings is 1. The Morgan fingerprint density at radius 1 is 0.840 bits per heavy atom. The molecule has 7 nitrogen and oxygen atoms in total. The first-order valence-corrected chi connectivity index (χ1v) is 11.4. The summed E-state index contributed by atoms with van der Waals surface area (Å²) >= 11 is 0. The Hall–Kier alpha value is -1.00. The molecule has 0 saturated carbocycles. The second-order valence-corrected chi connectivity index (χ2v) is 10.5. The number of nitrogens with zero attached hydrogens (tertiary/aromatic N) is 2. The number of piperidine rings is 1. The van der Waals surface area contributed by atoms with Crippen molar-refractivity contribution in [3.63, 3.8) is 0 Å². The largest absolute Gasteiger partial charge is 0.396 e. The molecule has 1 N–H and O–H groups in total. The third kappa shape index (κ3) is 3.75. The molecule has 0 spiro atoms. The zero-order chi connectivity index (χ0) is 18.1.